The normalized spacial score (nSPS) is 30.9. The fourth-order valence-corrected chi connectivity index (χ4v) is 3.56. The van der Waals surface area contributed by atoms with Gasteiger partial charge in [-0.25, -0.2) is 0 Å². The van der Waals surface area contributed by atoms with E-state index in [0.29, 0.717) is 5.92 Å². The van der Waals surface area contributed by atoms with Crippen molar-refractivity contribution in [3.8, 4) is 0 Å². The number of carboxylic acids is 1. The van der Waals surface area contributed by atoms with Crippen LogP contribution in [0.3, 0.4) is 0 Å². The summed E-state index contributed by atoms with van der Waals surface area (Å²) in [4.78, 5) is 13.3. The second-order valence-corrected chi connectivity index (χ2v) is 5.86. The fourth-order valence-electron chi connectivity index (χ4n) is 2.38. The van der Waals surface area contributed by atoms with Gasteiger partial charge in [0.25, 0.3) is 0 Å². The van der Waals surface area contributed by atoms with Gasteiger partial charge in [0.15, 0.2) is 0 Å². The molecule has 2 unspecified atom stereocenters. The highest BCUT2D eigenvalue weighted by Gasteiger charge is 2.38. The Balaban J connectivity index is 1.75. The molecule has 0 aliphatic carbocycles. The molecule has 2 atom stereocenters. The number of aliphatic carboxylic acids is 1. The molecule has 4 heteroatoms. The van der Waals surface area contributed by atoms with Crippen LogP contribution in [0.25, 0.3) is 0 Å². The van der Waals surface area contributed by atoms with Crippen molar-refractivity contribution < 1.29 is 9.90 Å². The van der Waals surface area contributed by atoms with Gasteiger partial charge in [0.1, 0.15) is 0 Å². The molecule has 3 nitrogen and oxygen atoms in total. The minimum Gasteiger partial charge on any atom is -0.481 e. The monoisotopic (exact) mass is 229 g/mol. The van der Waals surface area contributed by atoms with Gasteiger partial charge in [-0.1, -0.05) is 6.92 Å². The zero-order valence-corrected chi connectivity index (χ0v) is 10.0. The smallest absolute Gasteiger partial charge is 0.306 e. The number of thioether (sulfide) groups is 1. The van der Waals surface area contributed by atoms with Crippen molar-refractivity contribution in [2.24, 2.45) is 11.8 Å². The summed E-state index contributed by atoms with van der Waals surface area (Å²) in [5, 5.41) is 8.89. The highest BCUT2D eigenvalue weighted by Crippen LogP contribution is 2.30. The van der Waals surface area contributed by atoms with Gasteiger partial charge in [0, 0.05) is 24.9 Å². The first-order chi connectivity index (χ1) is 7.18. The molecular formula is C11H19NO2S. The molecule has 0 bridgehead atoms. The Bertz CT molecular complexity index is 235. The van der Waals surface area contributed by atoms with Crippen molar-refractivity contribution in [3.05, 3.63) is 0 Å². The number of rotatable bonds is 3. The first kappa shape index (κ1) is 11.3. The molecule has 2 aliphatic rings. The van der Waals surface area contributed by atoms with Crippen molar-refractivity contribution in [2.45, 2.75) is 25.8 Å². The third-order valence-corrected chi connectivity index (χ3v) is 4.89. The van der Waals surface area contributed by atoms with Gasteiger partial charge < -0.3 is 5.11 Å². The van der Waals surface area contributed by atoms with Gasteiger partial charge in [-0.15, -0.1) is 0 Å². The SMILES string of the molecule is CC(C(=O)O)C1CN(C2CCCSC2)C1. The van der Waals surface area contributed by atoms with E-state index in [-0.39, 0.29) is 5.92 Å². The molecule has 0 radical (unpaired) electrons. The van der Waals surface area contributed by atoms with Crippen LogP contribution in [0, 0.1) is 11.8 Å². The van der Waals surface area contributed by atoms with Gasteiger partial charge in [-0.3, -0.25) is 9.69 Å². The molecule has 2 fully saturated rings. The summed E-state index contributed by atoms with van der Waals surface area (Å²) < 4.78 is 0. The topological polar surface area (TPSA) is 40.5 Å². The lowest BCUT2D eigenvalue weighted by Gasteiger charge is -2.46. The summed E-state index contributed by atoms with van der Waals surface area (Å²) in [5.74, 6) is 2.12. The first-order valence-electron chi connectivity index (χ1n) is 5.73. The molecule has 2 aliphatic heterocycles. The number of hydrogen-bond acceptors (Lipinski definition) is 3. The van der Waals surface area contributed by atoms with E-state index in [1.807, 2.05) is 18.7 Å². The van der Waals surface area contributed by atoms with Crippen LogP contribution in [0.2, 0.25) is 0 Å². The Kier molecular flexibility index (Phi) is 3.57. The lowest BCUT2D eigenvalue weighted by Crippen LogP contribution is -2.56. The standard InChI is InChI=1S/C11H19NO2S/c1-8(11(13)14)9-5-12(6-9)10-3-2-4-15-7-10/h8-10H,2-7H2,1H3,(H,13,14). The van der Waals surface area contributed by atoms with E-state index in [4.69, 9.17) is 5.11 Å². The zero-order valence-electron chi connectivity index (χ0n) is 9.19. The maximum atomic E-state index is 10.8. The van der Waals surface area contributed by atoms with Crippen LogP contribution < -0.4 is 0 Å². The third-order valence-electron chi connectivity index (χ3n) is 3.69. The minimum absolute atomic E-state index is 0.169. The van der Waals surface area contributed by atoms with Crippen molar-refractivity contribution in [2.75, 3.05) is 24.6 Å². The summed E-state index contributed by atoms with van der Waals surface area (Å²) in [6, 6.07) is 0.723. The van der Waals surface area contributed by atoms with E-state index in [2.05, 4.69) is 4.90 Å². The molecule has 2 rings (SSSR count). The predicted octanol–water partition coefficient (Wildman–Crippen LogP) is 1.53. The van der Waals surface area contributed by atoms with Crippen LogP contribution in [0.5, 0.6) is 0 Å². The lowest BCUT2D eigenvalue weighted by molar-refractivity contribution is -0.145. The quantitative estimate of drug-likeness (QED) is 0.797. The molecule has 0 spiro atoms. The first-order valence-corrected chi connectivity index (χ1v) is 6.88. The van der Waals surface area contributed by atoms with E-state index in [1.165, 1.54) is 24.3 Å². The molecule has 0 aromatic rings. The lowest BCUT2D eigenvalue weighted by atomic mass is 9.85. The van der Waals surface area contributed by atoms with Crippen LogP contribution in [-0.2, 0) is 4.79 Å². The number of nitrogens with zero attached hydrogens (tertiary/aromatic N) is 1. The molecule has 1 N–H and O–H groups in total. The summed E-state index contributed by atoms with van der Waals surface area (Å²) >= 11 is 2.04. The van der Waals surface area contributed by atoms with E-state index in [9.17, 15) is 4.79 Å². The summed E-state index contributed by atoms with van der Waals surface area (Å²) in [6.45, 7) is 3.83. The van der Waals surface area contributed by atoms with Crippen LogP contribution in [0.1, 0.15) is 19.8 Å². The highest BCUT2D eigenvalue weighted by atomic mass is 32.2. The van der Waals surface area contributed by atoms with Crippen LogP contribution >= 0.6 is 11.8 Å². The van der Waals surface area contributed by atoms with E-state index < -0.39 is 5.97 Å². The molecule has 15 heavy (non-hydrogen) atoms. The molecular weight excluding hydrogens is 210 g/mol. The fraction of sp³-hybridized carbons (Fsp3) is 0.909. The largest absolute Gasteiger partial charge is 0.481 e. The molecule has 0 amide bonds. The summed E-state index contributed by atoms with van der Waals surface area (Å²) in [7, 11) is 0. The van der Waals surface area contributed by atoms with Gasteiger partial charge in [-0.05, 0) is 24.5 Å². The summed E-state index contributed by atoms with van der Waals surface area (Å²) in [5.41, 5.74) is 0. The Morgan fingerprint density at radius 3 is 2.80 bits per heavy atom. The second-order valence-electron chi connectivity index (χ2n) is 4.71. The molecule has 86 valence electrons. The average Bonchev–Trinajstić information content (AvgIpc) is 2.17. The number of likely N-dealkylation sites (tertiary alicyclic amines) is 1. The van der Waals surface area contributed by atoms with Gasteiger partial charge >= 0.3 is 5.97 Å². The molecule has 0 saturated carbocycles. The van der Waals surface area contributed by atoms with Crippen LogP contribution in [-0.4, -0.2) is 46.6 Å². The maximum absolute atomic E-state index is 10.8. The zero-order chi connectivity index (χ0) is 10.8. The molecule has 2 heterocycles. The van der Waals surface area contributed by atoms with Crippen molar-refractivity contribution in [3.63, 3.8) is 0 Å². The molecule has 2 saturated heterocycles. The highest BCUT2D eigenvalue weighted by molar-refractivity contribution is 7.99. The van der Waals surface area contributed by atoms with Gasteiger partial charge in [-0.2, -0.15) is 11.8 Å². The van der Waals surface area contributed by atoms with E-state index in [0.717, 1.165) is 19.1 Å². The Morgan fingerprint density at radius 1 is 1.53 bits per heavy atom. The van der Waals surface area contributed by atoms with Crippen molar-refractivity contribution in [1.29, 1.82) is 0 Å². The Morgan fingerprint density at radius 2 is 2.27 bits per heavy atom. The van der Waals surface area contributed by atoms with E-state index in [1.54, 1.807) is 0 Å². The number of hydrogen-bond donors (Lipinski definition) is 1. The second kappa shape index (κ2) is 4.74. The van der Waals surface area contributed by atoms with Gasteiger partial charge in [0.2, 0.25) is 0 Å². The Hall–Kier alpha value is -0.220. The number of carbonyl (C=O) groups is 1. The van der Waals surface area contributed by atoms with Crippen LogP contribution in [0.4, 0.5) is 0 Å². The minimum atomic E-state index is -0.641. The molecule has 0 aromatic carbocycles. The number of carboxylic acid groups (broad SMARTS) is 1. The maximum Gasteiger partial charge on any atom is 0.306 e. The van der Waals surface area contributed by atoms with Crippen LogP contribution in [0.15, 0.2) is 0 Å². The van der Waals surface area contributed by atoms with Crippen molar-refractivity contribution >= 4 is 17.7 Å². The third kappa shape index (κ3) is 2.48. The molecule has 0 aromatic heterocycles. The van der Waals surface area contributed by atoms with Gasteiger partial charge in [0.05, 0.1) is 5.92 Å². The predicted molar refractivity (Wildman–Crippen MR) is 62.2 cm³/mol. The average molecular weight is 229 g/mol. The Labute approximate surface area is 95.2 Å². The van der Waals surface area contributed by atoms with E-state index >= 15 is 0 Å². The van der Waals surface area contributed by atoms with Crippen molar-refractivity contribution in [1.82, 2.24) is 4.90 Å². The summed E-state index contributed by atoms with van der Waals surface area (Å²) in [6.07, 6.45) is 2.63.